The fraction of sp³-hybridized carbons (Fsp3) is 0.214. The van der Waals surface area contributed by atoms with E-state index in [0.717, 1.165) is 0 Å². The lowest BCUT2D eigenvalue weighted by Crippen LogP contribution is -2.10. The molecule has 1 heterocycles. The number of nitrogen functional groups attached to an aromatic ring is 1. The number of nitrogens with zero attached hydrogens (tertiary/aromatic N) is 2. The predicted octanol–water partition coefficient (Wildman–Crippen LogP) is 2.67. The molecule has 7 heteroatoms. The molecule has 0 unspecified atom stereocenters. The van der Waals surface area contributed by atoms with Gasteiger partial charge in [-0.05, 0) is 18.6 Å². The molecule has 5 nitrogen and oxygen atoms in total. The van der Waals surface area contributed by atoms with Gasteiger partial charge in [0.25, 0.3) is 0 Å². The molecule has 0 spiro atoms. The standard InChI is InChI=1S/C14H14FN3O2S/c1-2-20-13(19)10-7-17-14(18-12(10)16)21-8-9-5-3-4-6-11(9)15/h3-7H,2,8H2,1H3,(H2,16,17,18). The van der Waals surface area contributed by atoms with E-state index >= 15 is 0 Å². The normalized spacial score (nSPS) is 10.4. The molecule has 110 valence electrons. The van der Waals surface area contributed by atoms with Crippen molar-refractivity contribution in [3.8, 4) is 0 Å². The number of rotatable bonds is 5. The van der Waals surface area contributed by atoms with Crippen LogP contribution in [0.4, 0.5) is 10.2 Å². The molecule has 0 atom stereocenters. The number of esters is 1. The quantitative estimate of drug-likeness (QED) is 0.520. The number of carbonyl (C=O) groups is 1. The van der Waals surface area contributed by atoms with E-state index in [4.69, 9.17) is 10.5 Å². The Balaban J connectivity index is 2.07. The van der Waals surface area contributed by atoms with Gasteiger partial charge in [-0.15, -0.1) is 0 Å². The summed E-state index contributed by atoms with van der Waals surface area (Å²) in [5, 5.41) is 0.379. The largest absolute Gasteiger partial charge is 0.462 e. The van der Waals surface area contributed by atoms with Gasteiger partial charge >= 0.3 is 5.97 Å². The van der Waals surface area contributed by atoms with Crippen molar-refractivity contribution in [1.29, 1.82) is 0 Å². The lowest BCUT2D eigenvalue weighted by Gasteiger charge is -2.06. The van der Waals surface area contributed by atoms with Crippen molar-refractivity contribution in [2.75, 3.05) is 12.3 Å². The second-order valence-corrected chi connectivity index (χ2v) is 4.99. The Morgan fingerprint density at radius 3 is 2.86 bits per heavy atom. The van der Waals surface area contributed by atoms with E-state index in [9.17, 15) is 9.18 Å². The first-order valence-electron chi connectivity index (χ1n) is 6.27. The monoisotopic (exact) mass is 307 g/mol. The zero-order valence-corrected chi connectivity index (χ0v) is 12.2. The number of thioether (sulfide) groups is 1. The topological polar surface area (TPSA) is 78.1 Å². The molecule has 1 aromatic carbocycles. The molecule has 0 amide bonds. The number of hydrogen-bond acceptors (Lipinski definition) is 6. The third-order valence-corrected chi connectivity index (χ3v) is 3.52. The van der Waals surface area contributed by atoms with Crippen LogP contribution in [0.1, 0.15) is 22.8 Å². The zero-order chi connectivity index (χ0) is 15.2. The number of halogens is 1. The van der Waals surface area contributed by atoms with E-state index in [1.165, 1.54) is 24.0 Å². The molecule has 0 bridgehead atoms. The van der Waals surface area contributed by atoms with Gasteiger partial charge in [0.05, 0.1) is 6.61 Å². The summed E-state index contributed by atoms with van der Waals surface area (Å²) in [5.74, 6) is -0.397. The van der Waals surface area contributed by atoms with E-state index in [1.54, 1.807) is 25.1 Å². The van der Waals surface area contributed by atoms with Crippen LogP contribution in [-0.2, 0) is 10.5 Å². The Bertz CT molecular complexity index is 652. The van der Waals surface area contributed by atoms with Gasteiger partial charge in [-0.3, -0.25) is 0 Å². The molecule has 21 heavy (non-hydrogen) atoms. The average molecular weight is 307 g/mol. The highest BCUT2D eigenvalue weighted by molar-refractivity contribution is 7.98. The first-order chi connectivity index (χ1) is 10.1. The maximum Gasteiger partial charge on any atom is 0.343 e. The number of ether oxygens (including phenoxy) is 1. The van der Waals surface area contributed by atoms with Crippen molar-refractivity contribution in [2.24, 2.45) is 0 Å². The van der Waals surface area contributed by atoms with Crippen LogP contribution in [0.3, 0.4) is 0 Å². The molecule has 1 aromatic heterocycles. The second kappa shape index (κ2) is 7.03. The zero-order valence-electron chi connectivity index (χ0n) is 11.4. The first-order valence-corrected chi connectivity index (χ1v) is 7.26. The first kappa shape index (κ1) is 15.2. The van der Waals surface area contributed by atoms with E-state index in [2.05, 4.69) is 9.97 Å². The molecule has 0 aliphatic rings. The van der Waals surface area contributed by atoms with Crippen LogP contribution in [-0.4, -0.2) is 22.5 Å². The van der Waals surface area contributed by atoms with Crippen molar-refractivity contribution in [1.82, 2.24) is 9.97 Å². The summed E-state index contributed by atoms with van der Waals surface area (Å²) in [6.07, 6.45) is 1.32. The number of benzene rings is 1. The fourth-order valence-corrected chi connectivity index (χ4v) is 2.38. The molecule has 2 rings (SSSR count). The lowest BCUT2D eigenvalue weighted by atomic mass is 10.2. The van der Waals surface area contributed by atoms with Gasteiger partial charge in [0, 0.05) is 11.9 Å². The van der Waals surface area contributed by atoms with E-state index in [0.29, 0.717) is 16.5 Å². The summed E-state index contributed by atoms with van der Waals surface area (Å²) in [6.45, 7) is 1.95. The van der Waals surface area contributed by atoms with Gasteiger partial charge in [0.1, 0.15) is 17.2 Å². The molecular weight excluding hydrogens is 293 g/mol. The summed E-state index contributed by atoms with van der Waals surface area (Å²) in [5.41, 5.74) is 6.40. The minimum atomic E-state index is -0.555. The molecule has 2 aromatic rings. The summed E-state index contributed by atoms with van der Waals surface area (Å²) in [6, 6.07) is 6.48. The Labute approximate surface area is 125 Å². The number of carbonyl (C=O) groups excluding carboxylic acids is 1. The Morgan fingerprint density at radius 2 is 2.19 bits per heavy atom. The molecule has 0 aliphatic heterocycles. The van der Waals surface area contributed by atoms with Crippen molar-refractivity contribution in [3.05, 3.63) is 47.4 Å². The third-order valence-electron chi connectivity index (χ3n) is 2.61. The fourth-order valence-electron chi connectivity index (χ4n) is 1.57. The second-order valence-electron chi connectivity index (χ2n) is 4.05. The molecular formula is C14H14FN3O2S. The van der Waals surface area contributed by atoms with E-state index in [-0.39, 0.29) is 23.8 Å². The van der Waals surface area contributed by atoms with Gasteiger partial charge in [-0.1, -0.05) is 30.0 Å². The SMILES string of the molecule is CCOC(=O)c1cnc(SCc2ccccc2F)nc1N. The van der Waals surface area contributed by atoms with Crippen molar-refractivity contribution in [3.63, 3.8) is 0 Å². The number of nitrogens with two attached hydrogens (primary N) is 1. The number of aromatic nitrogens is 2. The predicted molar refractivity (Wildman–Crippen MR) is 78.4 cm³/mol. The van der Waals surface area contributed by atoms with Crippen LogP contribution in [0.25, 0.3) is 0 Å². The van der Waals surface area contributed by atoms with Crippen molar-refractivity contribution < 1.29 is 13.9 Å². The van der Waals surface area contributed by atoms with Crippen molar-refractivity contribution in [2.45, 2.75) is 17.8 Å². The van der Waals surface area contributed by atoms with E-state index < -0.39 is 5.97 Å². The van der Waals surface area contributed by atoms with Crippen LogP contribution in [0.5, 0.6) is 0 Å². The number of anilines is 1. The summed E-state index contributed by atoms with van der Waals surface area (Å²) in [4.78, 5) is 19.6. The van der Waals surface area contributed by atoms with E-state index in [1.807, 2.05) is 0 Å². The third kappa shape index (κ3) is 3.91. The summed E-state index contributed by atoms with van der Waals surface area (Å²) < 4.78 is 18.3. The molecule has 0 saturated carbocycles. The highest BCUT2D eigenvalue weighted by Gasteiger charge is 2.14. The van der Waals surface area contributed by atoms with Gasteiger partial charge in [-0.25, -0.2) is 19.2 Å². The smallest absolute Gasteiger partial charge is 0.343 e. The van der Waals surface area contributed by atoms with Gasteiger partial charge in [0.15, 0.2) is 5.16 Å². The molecule has 0 fully saturated rings. The highest BCUT2D eigenvalue weighted by atomic mass is 32.2. The summed E-state index contributed by atoms with van der Waals surface area (Å²) in [7, 11) is 0. The van der Waals surface area contributed by atoms with Crippen molar-refractivity contribution >= 4 is 23.5 Å². The number of hydrogen-bond donors (Lipinski definition) is 1. The van der Waals surface area contributed by atoms with Crippen LogP contribution in [0, 0.1) is 5.82 Å². The van der Waals surface area contributed by atoms with Gasteiger partial charge < -0.3 is 10.5 Å². The molecule has 2 N–H and O–H groups in total. The Kier molecular flexibility index (Phi) is 5.10. The van der Waals surface area contributed by atoms with Crippen LogP contribution in [0.2, 0.25) is 0 Å². The van der Waals surface area contributed by atoms with Gasteiger partial charge in [-0.2, -0.15) is 0 Å². The minimum Gasteiger partial charge on any atom is -0.462 e. The average Bonchev–Trinajstić information content (AvgIpc) is 2.46. The lowest BCUT2D eigenvalue weighted by molar-refractivity contribution is 0.0526. The van der Waals surface area contributed by atoms with Crippen LogP contribution >= 0.6 is 11.8 Å². The minimum absolute atomic E-state index is 0.0551. The Hall–Kier alpha value is -2.15. The Morgan fingerprint density at radius 1 is 1.43 bits per heavy atom. The van der Waals surface area contributed by atoms with Crippen LogP contribution < -0.4 is 5.73 Å². The maximum atomic E-state index is 13.5. The highest BCUT2D eigenvalue weighted by Crippen LogP contribution is 2.22. The van der Waals surface area contributed by atoms with Gasteiger partial charge in [0.2, 0.25) is 0 Å². The molecule has 0 saturated heterocycles. The molecule has 0 radical (unpaired) electrons. The maximum absolute atomic E-state index is 13.5. The summed E-state index contributed by atoms with van der Waals surface area (Å²) >= 11 is 1.24. The molecule has 0 aliphatic carbocycles. The van der Waals surface area contributed by atoms with Crippen LogP contribution in [0.15, 0.2) is 35.6 Å².